The molecule has 25 heavy (non-hydrogen) atoms. The second-order valence-electron chi connectivity index (χ2n) is 8.44. The first-order valence-electron chi connectivity index (χ1n) is 9.13. The molecule has 2 aromatic carbocycles. The zero-order valence-electron chi connectivity index (χ0n) is 16.7. The smallest absolute Gasteiger partial charge is 0.119 e. The van der Waals surface area contributed by atoms with E-state index in [1.807, 2.05) is 12.1 Å². The Labute approximate surface area is 152 Å². The second-order valence-corrected chi connectivity index (χ2v) is 8.44. The highest BCUT2D eigenvalue weighted by Crippen LogP contribution is 2.38. The predicted octanol–water partition coefficient (Wildman–Crippen LogP) is 4.72. The van der Waals surface area contributed by atoms with Gasteiger partial charge in [0.05, 0.1) is 12.7 Å². The first-order valence-corrected chi connectivity index (χ1v) is 9.13. The van der Waals surface area contributed by atoms with Crippen molar-refractivity contribution in [1.82, 2.24) is 5.32 Å². The largest absolute Gasteiger partial charge is 0.497 e. The molecule has 0 saturated carbocycles. The molecule has 2 atom stereocenters. The molecule has 2 aromatic rings. The first-order chi connectivity index (χ1) is 11.6. The summed E-state index contributed by atoms with van der Waals surface area (Å²) in [7, 11) is 1.68. The van der Waals surface area contributed by atoms with Crippen molar-refractivity contribution < 1.29 is 9.84 Å². The SMILES string of the molecule is COc1ccc2cc(C(O)(C(C)C)C(C)CNC(C)(C)C)ccc2c1. The van der Waals surface area contributed by atoms with Crippen LogP contribution in [0.5, 0.6) is 5.75 Å². The Hall–Kier alpha value is -1.58. The molecule has 0 aliphatic rings. The van der Waals surface area contributed by atoms with Crippen LogP contribution in [0, 0.1) is 11.8 Å². The highest BCUT2D eigenvalue weighted by molar-refractivity contribution is 5.84. The fraction of sp³-hybridized carbons (Fsp3) is 0.545. The Kier molecular flexibility index (Phi) is 5.80. The van der Waals surface area contributed by atoms with Crippen molar-refractivity contribution in [1.29, 1.82) is 0 Å². The number of methoxy groups -OCH3 is 1. The standard InChI is InChI=1S/C22H33NO2/c1-15(2)22(24,16(3)14-23-21(4,5)6)19-10-8-18-13-20(25-7)11-9-17(18)12-19/h8-13,15-16,23-24H,14H2,1-7H3. The number of aliphatic hydroxyl groups is 1. The van der Waals surface area contributed by atoms with E-state index in [1.54, 1.807) is 7.11 Å². The summed E-state index contributed by atoms with van der Waals surface area (Å²) in [5.41, 5.74) is 0.127. The van der Waals surface area contributed by atoms with E-state index in [9.17, 15) is 5.11 Å². The summed E-state index contributed by atoms with van der Waals surface area (Å²) in [5.74, 6) is 1.05. The molecule has 2 unspecified atom stereocenters. The van der Waals surface area contributed by atoms with E-state index in [0.29, 0.717) is 0 Å². The van der Waals surface area contributed by atoms with Gasteiger partial charge in [0, 0.05) is 18.0 Å². The average Bonchev–Trinajstić information content (AvgIpc) is 2.56. The summed E-state index contributed by atoms with van der Waals surface area (Å²) < 4.78 is 5.30. The van der Waals surface area contributed by atoms with Crippen LogP contribution in [-0.4, -0.2) is 24.3 Å². The highest BCUT2D eigenvalue weighted by Gasteiger charge is 2.39. The number of hydrogen-bond donors (Lipinski definition) is 2. The van der Waals surface area contributed by atoms with E-state index in [4.69, 9.17) is 4.74 Å². The molecule has 0 radical (unpaired) electrons. The molecule has 0 amide bonds. The van der Waals surface area contributed by atoms with E-state index in [0.717, 1.165) is 28.6 Å². The van der Waals surface area contributed by atoms with E-state index in [-0.39, 0.29) is 17.4 Å². The van der Waals surface area contributed by atoms with E-state index in [2.05, 4.69) is 71.1 Å². The Morgan fingerprint density at radius 3 is 2.16 bits per heavy atom. The van der Waals surface area contributed by atoms with Gasteiger partial charge in [0.25, 0.3) is 0 Å². The van der Waals surface area contributed by atoms with Crippen LogP contribution in [-0.2, 0) is 5.60 Å². The van der Waals surface area contributed by atoms with Crippen LogP contribution in [0.2, 0.25) is 0 Å². The van der Waals surface area contributed by atoms with Crippen molar-refractivity contribution in [3.63, 3.8) is 0 Å². The lowest BCUT2D eigenvalue weighted by Crippen LogP contribution is -2.47. The summed E-state index contributed by atoms with van der Waals surface area (Å²) in [5, 5.41) is 17.4. The summed E-state index contributed by atoms with van der Waals surface area (Å²) in [6, 6.07) is 12.3. The summed E-state index contributed by atoms with van der Waals surface area (Å²) in [6.07, 6.45) is 0. The molecule has 3 nitrogen and oxygen atoms in total. The average molecular weight is 344 g/mol. The number of fused-ring (bicyclic) bond motifs is 1. The minimum Gasteiger partial charge on any atom is -0.497 e. The number of ether oxygens (including phenoxy) is 1. The van der Waals surface area contributed by atoms with Crippen LogP contribution in [0.1, 0.15) is 47.1 Å². The Bertz CT molecular complexity index is 718. The summed E-state index contributed by atoms with van der Waals surface area (Å²) in [4.78, 5) is 0. The quantitative estimate of drug-likeness (QED) is 0.798. The molecule has 0 spiro atoms. The highest BCUT2D eigenvalue weighted by atomic mass is 16.5. The van der Waals surface area contributed by atoms with Crippen LogP contribution in [0.4, 0.5) is 0 Å². The normalized spacial score (nSPS) is 16.0. The fourth-order valence-electron chi connectivity index (χ4n) is 3.40. The van der Waals surface area contributed by atoms with Crippen LogP contribution in [0.3, 0.4) is 0 Å². The topological polar surface area (TPSA) is 41.5 Å². The second kappa shape index (κ2) is 7.35. The number of nitrogens with one attached hydrogen (secondary N) is 1. The lowest BCUT2D eigenvalue weighted by Gasteiger charge is -2.40. The maximum Gasteiger partial charge on any atom is 0.119 e. The van der Waals surface area contributed by atoms with Crippen LogP contribution < -0.4 is 10.1 Å². The summed E-state index contributed by atoms with van der Waals surface area (Å²) in [6.45, 7) is 13.5. The Morgan fingerprint density at radius 2 is 1.60 bits per heavy atom. The lowest BCUT2D eigenvalue weighted by molar-refractivity contribution is -0.0599. The molecule has 0 aliphatic heterocycles. The Morgan fingerprint density at radius 1 is 1.00 bits per heavy atom. The van der Waals surface area contributed by atoms with Crippen LogP contribution >= 0.6 is 0 Å². The van der Waals surface area contributed by atoms with Gasteiger partial charge in [0.1, 0.15) is 5.75 Å². The van der Waals surface area contributed by atoms with Gasteiger partial charge in [-0.05, 0) is 61.2 Å². The molecule has 0 aliphatic carbocycles. The van der Waals surface area contributed by atoms with Crippen molar-refractivity contribution >= 4 is 10.8 Å². The molecule has 0 fully saturated rings. The van der Waals surface area contributed by atoms with Crippen molar-refractivity contribution in [3.8, 4) is 5.75 Å². The molecule has 0 heterocycles. The van der Waals surface area contributed by atoms with Gasteiger partial charge in [-0.1, -0.05) is 39.0 Å². The third kappa shape index (κ3) is 4.34. The van der Waals surface area contributed by atoms with Gasteiger partial charge in [-0.3, -0.25) is 0 Å². The van der Waals surface area contributed by atoms with Crippen molar-refractivity contribution in [2.24, 2.45) is 11.8 Å². The maximum atomic E-state index is 11.6. The predicted molar refractivity (Wildman–Crippen MR) is 106 cm³/mol. The van der Waals surface area contributed by atoms with E-state index >= 15 is 0 Å². The van der Waals surface area contributed by atoms with Crippen molar-refractivity contribution in [2.75, 3.05) is 13.7 Å². The number of benzene rings is 2. The van der Waals surface area contributed by atoms with Gasteiger partial charge >= 0.3 is 0 Å². The van der Waals surface area contributed by atoms with Gasteiger partial charge in [-0.15, -0.1) is 0 Å². The van der Waals surface area contributed by atoms with Gasteiger partial charge in [0.15, 0.2) is 0 Å². The number of rotatable bonds is 6. The minimum absolute atomic E-state index is 0.0338. The zero-order valence-corrected chi connectivity index (χ0v) is 16.7. The van der Waals surface area contributed by atoms with E-state index in [1.165, 1.54) is 0 Å². The maximum absolute atomic E-state index is 11.6. The van der Waals surface area contributed by atoms with Gasteiger partial charge in [0.2, 0.25) is 0 Å². The lowest BCUT2D eigenvalue weighted by atomic mass is 9.73. The molecule has 2 N–H and O–H groups in total. The van der Waals surface area contributed by atoms with Crippen molar-refractivity contribution in [2.45, 2.75) is 52.7 Å². The Balaban J connectivity index is 2.40. The molecular formula is C22H33NO2. The first kappa shape index (κ1) is 19.7. The third-order valence-electron chi connectivity index (χ3n) is 5.08. The van der Waals surface area contributed by atoms with Gasteiger partial charge < -0.3 is 15.2 Å². The minimum atomic E-state index is -0.883. The molecule has 138 valence electrons. The molecule has 0 aromatic heterocycles. The van der Waals surface area contributed by atoms with Gasteiger partial charge in [-0.25, -0.2) is 0 Å². The molecule has 0 saturated heterocycles. The van der Waals surface area contributed by atoms with Crippen LogP contribution in [0.25, 0.3) is 10.8 Å². The monoisotopic (exact) mass is 343 g/mol. The van der Waals surface area contributed by atoms with Crippen LogP contribution in [0.15, 0.2) is 36.4 Å². The van der Waals surface area contributed by atoms with Crippen molar-refractivity contribution in [3.05, 3.63) is 42.0 Å². The zero-order chi connectivity index (χ0) is 18.8. The molecule has 3 heteroatoms. The molecule has 2 rings (SSSR count). The third-order valence-corrected chi connectivity index (χ3v) is 5.08. The molecule has 0 bridgehead atoms. The number of hydrogen-bond acceptors (Lipinski definition) is 3. The van der Waals surface area contributed by atoms with E-state index < -0.39 is 5.60 Å². The molecular weight excluding hydrogens is 310 g/mol. The summed E-state index contributed by atoms with van der Waals surface area (Å²) >= 11 is 0. The van der Waals surface area contributed by atoms with Gasteiger partial charge in [-0.2, -0.15) is 0 Å². The fourth-order valence-corrected chi connectivity index (χ4v) is 3.40.